The molecule has 0 radical (unpaired) electrons. The van der Waals surface area contributed by atoms with E-state index in [2.05, 4.69) is 15.3 Å². The van der Waals surface area contributed by atoms with Gasteiger partial charge < -0.3 is 15.2 Å². The van der Waals surface area contributed by atoms with Crippen molar-refractivity contribution in [1.29, 1.82) is 0 Å². The van der Waals surface area contributed by atoms with Crippen LogP contribution >= 0.6 is 23.2 Å². The van der Waals surface area contributed by atoms with E-state index in [9.17, 15) is 4.79 Å². The molecule has 0 bridgehead atoms. The second kappa shape index (κ2) is 7.17. The number of amides is 2. The quantitative estimate of drug-likeness (QED) is 0.626. The number of fused-ring (bicyclic) bond motifs is 1. The van der Waals surface area contributed by atoms with Crippen LogP contribution in [0.1, 0.15) is 24.6 Å². The van der Waals surface area contributed by atoms with Crippen molar-refractivity contribution in [2.75, 3.05) is 18.4 Å². The lowest BCUT2D eigenvalue weighted by Crippen LogP contribution is -2.40. The Hall–Kier alpha value is -2.24. The molecule has 1 aliphatic rings. The average molecular weight is 389 g/mol. The van der Waals surface area contributed by atoms with Crippen LogP contribution in [0.25, 0.3) is 11.0 Å². The summed E-state index contributed by atoms with van der Waals surface area (Å²) in [5, 5.41) is 4.20. The highest BCUT2D eigenvalue weighted by Crippen LogP contribution is 2.29. The van der Waals surface area contributed by atoms with Crippen molar-refractivity contribution in [2.24, 2.45) is 0 Å². The van der Waals surface area contributed by atoms with Crippen molar-refractivity contribution in [3.8, 4) is 0 Å². The summed E-state index contributed by atoms with van der Waals surface area (Å²) in [6, 6.07) is 12.7. The average Bonchev–Trinajstić information content (AvgIpc) is 3.05. The summed E-state index contributed by atoms with van der Waals surface area (Å²) in [4.78, 5) is 22.3. The summed E-state index contributed by atoms with van der Waals surface area (Å²) >= 11 is 12.0. The molecule has 2 N–H and O–H groups in total. The first-order valence-electron chi connectivity index (χ1n) is 8.55. The van der Waals surface area contributed by atoms with Gasteiger partial charge in [-0.3, -0.25) is 0 Å². The maximum Gasteiger partial charge on any atom is 0.321 e. The number of aromatic nitrogens is 2. The number of H-pyrrole nitrogens is 1. The van der Waals surface area contributed by atoms with Crippen LogP contribution in [0.4, 0.5) is 10.5 Å². The van der Waals surface area contributed by atoms with Crippen LogP contribution in [0.3, 0.4) is 0 Å². The molecule has 4 rings (SSSR count). The number of carbonyl (C=O) groups excluding carboxylic acids is 1. The van der Waals surface area contributed by atoms with Crippen molar-refractivity contribution in [3.05, 3.63) is 58.3 Å². The molecular weight excluding hydrogens is 371 g/mol. The van der Waals surface area contributed by atoms with Crippen LogP contribution in [-0.2, 0) is 0 Å². The highest BCUT2D eigenvalue weighted by Gasteiger charge is 2.25. The third-order valence-corrected chi connectivity index (χ3v) is 5.18. The number of carbonyl (C=O) groups is 1. The van der Waals surface area contributed by atoms with Gasteiger partial charge in [0.2, 0.25) is 0 Å². The Morgan fingerprint density at radius 1 is 1.12 bits per heavy atom. The molecule has 1 fully saturated rings. The third kappa shape index (κ3) is 3.64. The molecule has 134 valence electrons. The number of nitrogens with zero attached hydrogens (tertiary/aromatic N) is 2. The molecule has 2 heterocycles. The molecule has 1 aliphatic heterocycles. The fourth-order valence-corrected chi connectivity index (χ4v) is 3.68. The zero-order valence-corrected chi connectivity index (χ0v) is 15.5. The number of benzene rings is 2. The van der Waals surface area contributed by atoms with Gasteiger partial charge in [-0.2, -0.15) is 0 Å². The van der Waals surface area contributed by atoms with Gasteiger partial charge in [-0.15, -0.1) is 0 Å². The Bertz CT molecular complexity index is 948. The summed E-state index contributed by atoms with van der Waals surface area (Å²) in [7, 11) is 0. The van der Waals surface area contributed by atoms with Crippen molar-refractivity contribution < 1.29 is 4.79 Å². The van der Waals surface area contributed by atoms with Crippen LogP contribution in [0.5, 0.6) is 0 Å². The van der Waals surface area contributed by atoms with E-state index in [4.69, 9.17) is 23.2 Å². The van der Waals surface area contributed by atoms with Crippen molar-refractivity contribution in [1.82, 2.24) is 14.9 Å². The van der Waals surface area contributed by atoms with Crippen molar-refractivity contribution in [3.63, 3.8) is 0 Å². The van der Waals surface area contributed by atoms with Gasteiger partial charge in [-0.25, -0.2) is 9.78 Å². The first-order valence-corrected chi connectivity index (χ1v) is 9.31. The number of hydrogen-bond donors (Lipinski definition) is 2. The lowest BCUT2D eigenvalue weighted by Gasteiger charge is -2.31. The summed E-state index contributed by atoms with van der Waals surface area (Å²) < 4.78 is 0. The number of piperidine rings is 1. The van der Waals surface area contributed by atoms with Gasteiger partial charge in [0.15, 0.2) is 0 Å². The maximum atomic E-state index is 12.4. The maximum absolute atomic E-state index is 12.4. The van der Waals surface area contributed by atoms with E-state index in [1.807, 2.05) is 35.2 Å². The van der Waals surface area contributed by atoms with E-state index in [1.54, 1.807) is 12.1 Å². The molecule has 0 spiro atoms. The number of nitrogens with one attached hydrogen (secondary N) is 2. The zero-order chi connectivity index (χ0) is 18.1. The second-order valence-electron chi connectivity index (χ2n) is 6.49. The third-order valence-electron chi connectivity index (χ3n) is 4.71. The van der Waals surface area contributed by atoms with Gasteiger partial charge in [0.1, 0.15) is 5.82 Å². The van der Waals surface area contributed by atoms with E-state index >= 15 is 0 Å². The SMILES string of the molecule is O=C(Nc1cccc(Cl)c1)N1CCC(c2nc3ccc(Cl)cc3[nH]2)CC1. The standard InChI is InChI=1S/C19H18Cl2N4O/c20-13-2-1-3-15(10-13)22-19(26)25-8-6-12(7-9-25)18-23-16-5-4-14(21)11-17(16)24-18/h1-5,10-12H,6-9H2,(H,22,26)(H,23,24). The Kier molecular flexibility index (Phi) is 4.74. The van der Waals surface area contributed by atoms with E-state index < -0.39 is 0 Å². The minimum absolute atomic E-state index is 0.0953. The smallest absolute Gasteiger partial charge is 0.321 e. The first-order chi connectivity index (χ1) is 12.6. The minimum atomic E-state index is -0.0953. The Morgan fingerprint density at radius 3 is 2.65 bits per heavy atom. The lowest BCUT2D eigenvalue weighted by atomic mass is 9.96. The van der Waals surface area contributed by atoms with Gasteiger partial charge in [0.25, 0.3) is 0 Å². The van der Waals surface area contributed by atoms with E-state index in [0.29, 0.717) is 34.7 Å². The van der Waals surface area contributed by atoms with E-state index in [1.165, 1.54) is 0 Å². The number of anilines is 1. The molecule has 5 nitrogen and oxygen atoms in total. The molecular formula is C19H18Cl2N4O. The topological polar surface area (TPSA) is 61.0 Å². The van der Waals surface area contributed by atoms with Gasteiger partial charge in [-0.05, 0) is 49.2 Å². The summed E-state index contributed by atoms with van der Waals surface area (Å²) in [5.41, 5.74) is 2.58. The summed E-state index contributed by atoms with van der Waals surface area (Å²) in [5.74, 6) is 1.29. The Balaban J connectivity index is 1.39. The van der Waals surface area contributed by atoms with E-state index in [0.717, 1.165) is 29.7 Å². The van der Waals surface area contributed by atoms with Crippen LogP contribution in [0.15, 0.2) is 42.5 Å². The van der Waals surface area contributed by atoms with Crippen LogP contribution in [-0.4, -0.2) is 34.0 Å². The van der Waals surface area contributed by atoms with Crippen LogP contribution < -0.4 is 5.32 Å². The normalized spacial score (nSPS) is 15.4. The number of halogens is 2. The van der Waals surface area contributed by atoms with Gasteiger partial charge in [0, 0.05) is 34.7 Å². The second-order valence-corrected chi connectivity index (χ2v) is 7.36. The van der Waals surface area contributed by atoms with Crippen LogP contribution in [0, 0.1) is 0 Å². The number of imidazole rings is 1. The number of aromatic amines is 1. The van der Waals surface area contributed by atoms with Crippen molar-refractivity contribution in [2.45, 2.75) is 18.8 Å². The molecule has 2 aromatic carbocycles. The lowest BCUT2D eigenvalue weighted by molar-refractivity contribution is 0.193. The highest BCUT2D eigenvalue weighted by molar-refractivity contribution is 6.31. The number of hydrogen-bond acceptors (Lipinski definition) is 2. The summed E-state index contributed by atoms with van der Waals surface area (Å²) in [6.45, 7) is 1.38. The number of rotatable bonds is 2. The molecule has 1 aromatic heterocycles. The van der Waals surface area contributed by atoms with E-state index in [-0.39, 0.29) is 6.03 Å². The minimum Gasteiger partial charge on any atom is -0.342 e. The molecule has 0 atom stereocenters. The predicted molar refractivity (Wildman–Crippen MR) is 105 cm³/mol. The molecule has 3 aromatic rings. The largest absolute Gasteiger partial charge is 0.342 e. The van der Waals surface area contributed by atoms with Crippen molar-refractivity contribution >= 4 is 46.0 Å². The fourth-order valence-electron chi connectivity index (χ4n) is 3.32. The molecule has 0 aliphatic carbocycles. The zero-order valence-electron chi connectivity index (χ0n) is 14.0. The highest BCUT2D eigenvalue weighted by atomic mass is 35.5. The first kappa shape index (κ1) is 17.2. The van der Waals surface area contributed by atoms with Crippen LogP contribution in [0.2, 0.25) is 10.0 Å². The molecule has 7 heteroatoms. The van der Waals surface area contributed by atoms with Gasteiger partial charge >= 0.3 is 6.03 Å². The van der Waals surface area contributed by atoms with Gasteiger partial charge in [0.05, 0.1) is 11.0 Å². The molecule has 2 amide bonds. The molecule has 0 unspecified atom stereocenters. The van der Waals surface area contributed by atoms with Gasteiger partial charge in [-0.1, -0.05) is 29.3 Å². The molecule has 0 saturated carbocycles. The molecule has 1 saturated heterocycles. The fraction of sp³-hybridized carbons (Fsp3) is 0.263. The monoisotopic (exact) mass is 388 g/mol. The predicted octanol–water partition coefficient (Wildman–Crippen LogP) is 5.28. The Morgan fingerprint density at radius 2 is 1.88 bits per heavy atom. The number of likely N-dealkylation sites (tertiary alicyclic amines) is 1. The molecule has 26 heavy (non-hydrogen) atoms. The summed E-state index contributed by atoms with van der Waals surface area (Å²) in [6.07, 6.45) is 1.74. The Labute approximate surface area is 161 Å². The number of urea groups is 1.